The van der Waals surface area contributed by atoms with Crippen LogP contribution in [-0.4, -0.2) is 58.8 Å². The largest absolute Gasteiger partial charge is 1.00 e. The Balaban J connectivity index is 0.00000348. The van der Waals surface area contributed by atoms with Crippen LogP contribution in [0.25, 0.3) is 6.08 Å². The SMILES string of the molecule is Nc1ccc(C([O-])=Nc2ccc3c(c2)C=C(S(=O)(=O)O)/C(=N/Nc2ccc(N=C([O-])c4ccc(N/N=C5\C=CC(=O)C(C(=O)O)=C5)cc4)cc2)C3=O)cc1.[Na+].[Na+]. The van der Waals surface area contributed by atoms with E-state index in [2.05, 4.69) is 31.0 Å². The molecular formula is C37H25N7Na2O9S. The molecule has 6 N–H and O–H groups in total. The molecule has 0 heterocycles. The Morgan fingerprint density at radius 1 is 0.714 bits per heavy atom. The number of carbonyl (C=O) groups is 3. The minimum atomic E-state index is -4.94. The van der Waals surface area contributed by atoms with Gasteiger partial charge in [-0.1, -0.05) is 24.3 Å². The van der Waals surface area contributed by atoms with Crippen molar-refractivity contribution >= 4 is 85.4 Å². The third-order valence-electron chi connectivity index (χ3n) is 7.72. The summed E-state index contributed by atoms with van der Waals surface area (Å²) in [6, 6.07) is 22.2. The molecule has 0 fully saturated rings. The van der Waals surface area contributed by atoms with E-state index in [9.17, 15) is 37.6 Å². The van der Waals surface area contributed by atoms with Gasteiger partial charge in [-0.25, -0.2) is 4.79 Å². The fourth-order valence-electron chi connectivity index (χ4n) is 4.99. The number of nitrogens with zero attached hydrogens (tertiary/aromatic N) is 4. The van der Waals surface area contributed by atoms with Gasteiger partial charge in [0.05, 0.1) is 28.5 Å². The number of ketones is 2. The monoisotopic (exact) mass is 789 g/mol. The number of rotatable bonds is 10. The first kappa shape index (κ1) is 43.2. The number of allylic oxidation sites excluding steroid dienone is 4. The third-order valence-corrected chi connectivity index (χ3v) is 8.58. The Kier molecular flexibility index (Phi) is 14.2. The van der Waals surface area contributed by atoms with E-state index in [4.69, 9.17) is 10.8 Å². The Hall–Kier alpha value is -5.50. The number of carboxylic acid groups (broad SMARTS) is 1. The van der Waals surface area contributed by atoms with Crippen molar-refractivity contribution in [2.45, 2.75) is 0 Å². The van der Waals surface area contributed by atoms with E-state index in [0.717, 1.165) is 18.2 Å². The minimum Gasteiger partial charge on any atom is -0.858 e. The molecule has 0 spiro atoms. The number of hydrogen-bond donors (Lipinski definition) is 5. The predicted molar refractivity (Wildman–Crippen MR) is 198 cm³/mol. The van der Waals surface area contributed by atoms with Gasteiger partial charge in [-0.05, 0) is 120 Å². The molecule has 2 aliphatic rings. The van der Waals surface area contributed by atoms with Crippen LogP contribution in [0.3, 0.4) is 0 Å². The molecule has 0 bridgehead atoms. The second kappa shape index (κ2) is 18.4. The zero-order valence-electron chi connectivity index (χ0n) is 29.5. The van der Waals surface area contributed by atoms with Gasteiger partial charge in [0.2, 0.25) is 5.78 Å². The number of carbonyl (C=O) groups excluding carboxylic acids is 2. The summed E-state index contributed by atoms with van der Waals surface area (Å²) >= 11 is 0. The Morgan fingerprint density at radius 2 is 1.25 bits per heavy atom. The summed E-state index contributed by atoms with van der Waals surface area (Å²) in [6.45, 7) is 0. The number of anilines is 3. The van der Waals surface area contributed by atoms with Gasteiger partial charge < -0.3 is 21.1 Å². The molecule has 16 nitrogen and oxygen atoms in total. The van der Waals surface area contributed by atoms with Crippen LogP contribution >= 0.6 is 0 Å². The molecule has 270 valence electrons. The molecule has 0 atom stereocenters. The number of hydrazone groups is 2. The summed E-state index contributed by atoms with van der Waals surface area (Å²) in [5.41, 5.74) is 12.5. The van der Waals surface area contributed by atoms with Gasteiger partial charge in [-0.3, -0.25) is 35.0 Å². The molecule has 0 radical (unpaired) electrons. The molecule has 0 aromatic heterocycles. The second-order valence-corrected chi connectivity index (χ2v) is 12.8. The number of nitrogens with two attached hydrogens (primary N) is 1. The summed E-state index contributed by atoms with van der Waals surface area (Å²) in [6.07, 6.45) is 4.64. The smallest absolute Gasteiger partial charge is 0.858 e. The van der Waals surface area contributed by atoms with Crippen molar-refractivity contribution < 1.29 is 102 Å². The van der Waals surface area contributed by atoms with Gasteiger partial charge in [0.25, 0.3) is 10.1 Å². The van der Waals surface area contributed by atoms with Crippen molar-refractivity contribution in [1.29, 1.82) is 0 Å². The molecule has 0 saturated heterocycles. The number of Topliss-reactive ketones (excluding diaryl/α,β-unsaturated/α-hetero) is 1. The number of carboxylic acids is 1. The van der Waals surface area contributed by atoms with Crippen LogP contribution in [0.15, 0.2) is 140 Å². The summed E-state index contributed by atoms with van der Waals surface area (Å²) in [7, 11) is -4.94. The van der Waals surface area contributed by atoms with Crippen LogP contribution in [0.2, 0.25) is 0 Å². The van der Waals surface area contributed by atoms with Gasteiger partial charge in [0.1, 0.15) is 10.5 Å². The van der Waals surface area contributed by atoms with Crippen LogP contribution < -0.4 is 85.9 Å². The normalized spacial score (nSPS) is 15.6. The molecule has 6 rings (SSSR count). The van der Waals surface area contributed by atoms with Crippen LogP contribution in [-0.2, 0) is 19.7 Å². The standard InChI is InChI=1S/C37H27N7O9S.2Na/c38-23-5-1-20(2-6-23)36(48)40-27-13-15-29-22(17-27)18-32(54(51,52)53)33(34(29)46)44-42-26-11-9-24(10-12-26)39-35(47)21-3-7-25(8-4-21)41-43-28-14-16-31(45)30(19-28)37(49)50;;/h1-19,41-42H,38H2,(H,39,47)(H,40,48)(H,49,50)(H,51,52,53);;/q;2*+1/p-2/b43-28+,44-33-;;. The van der Waals surface area contributed by atoms with E-state index in [1.54, 1.807) is 24.3 Å². The number of benzene rings is 4. The van der Waals surface area contributed by atoms with E-state index in [-0.39, 0.29) is 104 Å². The van der Waals surface area contributed by atoms with Crippen LogP contribution in [0, 0.1) is 0 Å². The molecule has 4 aromatic rings. The topological polar surface area (TPSA) is 271 Å². The third kappa shape index (κ3) is 10.4. The van der Waals surface area contributed by atoms with Gasteiger partial charge in [0.15, 0.2) is 11.5 Å². The van der Waals surface area contributed by atoms with Crippen LogP contribution in [0.5, 0.6) is 0 Å². The summed E-state index contributed by atoms with van der Waals surface area (Å²) in [5.74, 6) is -3.99. The summed E-state index contributed by atoms with van der Waals surface area (Å²) in [5, 5.41) is 42.5. The second-order valence-electron chi connectivity index (χ2n) is 11.4. The Labute approximate surface area is 363 Å². The van der Waals surface area contributed by atoms with Crippen LogP contribution in [0.4, 0.5) is 28.4 Å². The summed E-state index contributed by atoms with van der Waals surface area (Å²) < 4.78 is 34.6. The maximum atomic E-state index is 13.4. The van der Waals surface area contributed by atoms with E-state index in [1.165, 1.54) is 72.8 Å². The Morgan fingerprint density at radius 3 is 1.84 bits per heavy atom. The van der Waals surface area contributed by atoms with E-state index in [1.807, 2.05) is 0 Å². The van der Waals surface area contributed by atoms with Crippen molar-refractivity contribution in [3.63, 3.8) is 0 Å². The quantitative estimate of drug-likeness (QED) is 0.0157. The fourth-order valence-corrected chi connectivity index (χ4v) is 5.65. The number of fused-ring (bicyclic) bond motifs is 1. The average molecular weight is 790 g/mol. The number of hydrogen-bond acceptors (Lipinski definition) is 14. The zero-order valence-corrected chi connectivity index (χ0v) is 34.3. The minimum absolute atomic E-state index is 0. The van der Waals surface area contributed by atoms with Crippen molar-refractivity contribution in [3.8, 4) is 0 Å². The van der Waals surface area contributed by atoms with Gasteiger partial charge in [0, 0.05) is 11.3 Å². The van der Waals surface area contributed by atoms with E-state index < -0.39 is 55.6 Å². The van der Waals surface area contributed by atoms with Crippen molar-refractivity contribution in [3.05, 3.63) is 142 Å². The maximum absolute atomic E-state index is 13.4. The van der Waals surface area contributed by atoms with Crippen molar-refractivity contribution in [2.24, 2.45) is 20.2 Å². The molecule has 0 aliphatic heterocycles. The van der Waals surface area contributed by atoms with Crippen molar-refractivity contribution in [2.75, 3.05) is 16.6 Å². The van der Waals surface area contributed by atoms with Gasteiger partial charge in [-0.15, -0.1) is 0 Å². The number of nitrogen functional groups attached to an aromatic ring is 1. The summed E-state index contributed by atoms with van der Waals surface area (Å²) in [4.78, 5) is 43.5. The first-order chi connectivity index (χ1) is 25.7. The number of aliphatic carboxylic acids is 1. The number of aliphatic imine (C=N–C) groups is 2. The first-order valence-electron chi connectivity index (χ1n) is 15.6. The van der Waals surface area contributed by atoms with E-state index in [0.29, 0.717) is 11.4 Å². The number of nitrogens with one attached hydrogen (secondary N) is 2. The molecule has 0 saturated carbocycles. The van der Waals surface area contributed by atoms with Crippen molar-refractivity contribution in [1.82, 2.24) is 0 Å². The molecule has 0 unspecified atom stereocenters. The predicted octanol–water partition coefficient (Wildman–Crippen LogP) is -3.04. The fraction of sp³-hybridized carbons (Fsp3) is 0. The zero-order chi connectivity index (χ0) is 38.6. The van der Waals surface area contributed by atoms with Gasteiger partial charge >= 0.3 is 65.1 Å². The molecular weight excluding hydrogens is 764 g/mol. The van der Waals surface area contributed by atoms with E-state index >= 15 is 0 Å². The molecule has 2 aliphatic carbocycles. The maximum Gasteiger partial charge on any atom is 1.00 e. The molecule has 56 heavy (non-hydrogen) atoms. The first-order valence-corrected chi connectivity index (χ1v) is 17.0. The van der Waals surface area contributed by atoms with Gasteiger partial charge in [-0.2, -0.15) is 18.6 Å². The molecule has 4 aromatic carbocycles. The average Bonchev–Trinajstić information content (AvgIpc) is 3.14. The Bertz CT molecular complexity index is 2550. The van der Waals surface area contributed by atoms with Crippen LogP contribution in [0.1, 0.15) is 27.0 Å². The molecule has 0 amide bonds. The molecule has 19 heteroatoms.